The van der Waals surface area contributed by atoms with E-state index in [1.165, 1.54) is 17.2 Å². The highest BCUT2D eigenvalue weighted by molar-refractivity contribution is 6.14. The van der Waals surface area contributed by atoms with Crippen LogP contribution in [0.2, 0.25) is 0 Å². The van der Waals surface area contributed by atoms with Gasteiger partial charge >= 0.3 is 11.9 Å². The quantitative estimate of drug-likeness (QED) is 0.203. The molecule has 0 radical (unpaired) electrons. The third-order valence-electron chi connectivity index (χ3n) is 4.75. The number of hydrogen-bond acceptors (Lipinski definition) is 4. The molecule has 0 aliphatic carbocycles. The highest BCUT2D eigenvalue weighted by atomic mass is 16.6. The van der Waals surface area contributed by atoms with E-state index < -0.39 is 11.9 Å². The van der Waals surface area contributed by atoms with Crippen molar-refractivity contribution in [3.63, 3.8) is 0 Å². The number of allylic oxidation sites excluding steroid dienone is 2. The maximum Gasteiger partial charge on any atom is 0.345 e. The van der Waals surface area contributed by atoms with E-state index in [4.69, 9.17) is 9.47 Å². The minimum absolute atomic E-state index is 0.120. The van der Waals surface area contributed by atoms with E-state index in [-0.39, 0.29) is 18.8 Å². The summed E-state index contributed by atoms with van der Waals surface area (Å²) in [5.41, 5.74) is 7.46. The van der Waals surface area contributed by atoms with Crippen LogP contribution >= 0.6 is 0 Å². The van der Waals surface area contributed by atoms with Crippen molar-refractivity contribution in [2.45, 2.75) is 41.5 Å². The van der Waals surface area contributed by atoms with Crippen molar-refractivity contribution in [1.82, 2.24) is 0 Å². The molecule has 2 rings (SSSR count). The molecule has 2 aromatic rings. The summed E-state index contributed by atoms with van der Waals surface area (Å²) in [6.07, 6.45) is 3.31. The molecule has 2 aromatic carbocycles. The van der Waals surface area contributed by atoms with Gasteiger partial charge in [-0.1, -0.05) is 53.6 Å². The minimum Gasteiger partial charge on any atom is -0.462 e. The number of esters is 2. The molecule has 0 aromatic heterocycles. The van der Waals surface area contributed by atoms with E-state index in [2.05, 4.69) is 64.1 Å². The van der Waals surface area contributed by atoms with Gasteiger partial charge in [-0.3, -0.25) is 0 Å². The van der Waals surface area contributed by atoms with Crippen LogP contribution in [0.4, 0.5) is 0 Å². The Bertz CT molecular complexity index is 923. The lowest BCUT2D eigenvalue weighted by Crippen LogP contribution is -2.18. The van der Waals surface area contributed by atoms with E-state index in [0.717, 1.165) is 27.8 Å². The van der Waals surface area contributed by atoms with Gasteiger partial charge < -0.3 is 9.47 Å². The topological polar surface area (TPSA) is 52.6 Å². The van der Waals surface area contributed by atoms with E-state index >= 15 is 0 Å². The van der Waals surface area contributed by atoms with Gasteiger partial charge in [-0.2, -0.15) is 0 Å². The number of carbonyl (C=O) groups is 2. The standard InChI is InChI=1S/C26H30O4/c1-7-29-25(27)24(26(28)30-8-2)14-13-23(21-11-9-17(3)15-19(21)5)22-12-10-18(4)16-20(22)6/h9-16H,7-8H2,1-6H3. The first-order chi connectivity index (χ1) is 14.3. The molecule has 0 unspecified atom stereocenters. The molecule has 0 N–H and O–H groups in total. The van der Waals surface area contributed by atoms with Gasteiger partial charge in [0.05, 0.1) is 13.2 Å². The molecular weight excluding hydrogens is 376 g/mol. The van der Waals surface area contributed by atoms with Crippen LogP contribution in [0.5, 0.6) is 0 Å². The highest BCUT2D eigenvalue weighted by Gasteiger charge is 2.20. The van der Waals surface area contributed by atoms with Gasteiger partial charge in [-0.25, -0.2) is 9.59 Å². The average molecular weight is 407 g/mol. The first-order valence-electron chi connectivity index (χ1n) is 10.2. The third-order valence-corrected chi connectivity index (χ3v) is 4.75. The predicted octanol–water partition coefficient (Wildman–Crippen LogP) is 5.40. The molecular formula is C26H30O4. The molecule has 30 heavy (non-hydrogen) atoms. The Morgan fingerprint density at radius 3 is 1.53 bits per heavy atom. The maximum atomic E-state index is 12.3. The van der Waals surface area contributed by atoms with Crippen LogP contribution in [0.15, 0.2) is 54.1 Å². The van der Waals surface area contributed by atoms with E-state index in [0.29, 0.717) is 0 Å². The Morgan fingerprint density at radius 2 is 1.17 bits per heavy atom. The Balaban J connectivity index is 2.70. The van der Waals surface area contributed by atoms with Crippen molar-refractivity contribution in [3.05, 3.63) is 87.5 Å². The number of benzene rings is 2. The summed E-state index contributed by atoms with van der Waals surface area (Å²) in [5, 5.41) is 0. The summed E-state index contributed by atoms with van der Waals surface area (Å²) in [4.78, 5) is 24.7. The fraction of sp³-hybridized carbons (Fsp3) is 0.308. The Labute approximate surface area is 179 Å². The second kappa shape index (κ2) is 10.6. The number of rotatable bonds is 7. The van der Waals surface area contributed by atoms with Gasteiger partial charge in [-0.05, 0) is 75.4 Å². The van der Waals surface area contributed by atoms with Gasteiger partial charge in [0.25, 0.3) is 0 Å². The minimum atomic E-state index is -0.687. The Hall–Kier alpha value is -3.14. The summed E-state index contributed by atoms with van der Waals surface area (Å²) in [6.45, 7) is 12.0. The largest absolute Gasteiger partial charge is 0.462 e. The molecule has 0 aliphatic heterocycles. The maximum absolute atomic E-state index is 12.3. The molecule has 0 atom stereocenters. The van der Waals surface area contributed by atoms with Crippen LogP contribution < -0.4 is 0 Å². The number of aryl methyl sites for hydroxylation is 4. The lowest BCUT2D eigenvalue weighted by atomic mass is 9.89. The molecule has 0 saturated carbocycles. The van der Waals surface area contributed by atoms with Crippen molar-refractivity contribution in [1.29, 1.82) is 0 Å². The lowest BCUT2D eigenvalue weighted by molar-refractivity contribution is -0.146. The van der Waals surface area contributed by atoms with Crippen molar-refractivity contribution >= 4 is 17.5 Å². The van der Waals surface area contributed by atoms with E-state index in [1.807, 2.05) is 0 Å². The van der Waals surface area contributed by atoms with Crippen LogP contribution in [0.25, 0.3) is 5.57 Å². The molecule has 0 heterocycles. The molecule has 0 saturated heterocycles. The van der Waals surface area contributed by atoms with Gasteiger partial charge in [0.1, 0.15) is 5.57 Å². The average Bonchev–Trinajstić information content (AvgIpc) is 2.67. The summed E-state index contributed by atoms with van der Waals surface area (Å²) >= 11 is 0. The molecule has 0 fully saturated rings. The number of ether oxygens (including phenoxy) is 2. The van der Waals surface area contributed by atoms with Crippen LogP contribution in [0.3, 0.4) is 0 Å². The third kappa shape index (κ3) is 5.69. The van der Waals surface area contributed by atoms with Crippen LogP contribution in [-0.2, 0) is 19.1 Å². The molecule has 4 heteroatoms. The first kappa shape index (κ1) is 23.1. The van der Waals surface area contributed by atoms with Crippen molar-refractivity contribution in [3.8, 4) is 0 Å². The molecule has 4 nitrogen and oxygen atoms in total. The molecule has 0 amide bonds. The second-order valence-corrected chi connectivity index (χ2v) is 7.24. The predicted molar refractivity (Wildman–Crippen MR) is 120 cm³/mol. The Kier molecular flexibility index (Phi) is 8.16. The van der Waals surface area contributed by atoms with Gasteiger partial charge in [0.15, 0.2) is 0 Å². The summed E-state index contributed by atoms with van der Waals surface area (Å²) in [5.74, 6) is -1.37. The fourth-order valence-corrected chi connectivity index (χ4v) is 3.36. The highest BCUT2D eigenvalue weighted by Crippen LogP contribution is 2.30. The molecule has 0 bridgehead atoms. The zero-order valence-electron chi connectivity index (χ0n) is 18.7. The van der Waals surface area contributed by atoms with Gasteiger partial charge in [-0.15, -0.1) is 0 Å². The van der Waals surface area contributed by atoms with Crippen molar-refractivity contribution in [2.75, 3.05) is 13.2 Å². The van der Waals surface area contributed by atoms with Gasteiger partial charge in [0.2, 0.25) is 0 Å². The van der Waals surface area contributed by atoms with Crippen LogP contribution in [0.1, 0.15) is 47.2 Å². The molecule has 158 valence electrons. The van der Waals surface area contributed by atoms with Crippen molar-refractivity contribution < 1.29 is 19.1 Å². The van der Waals surface area contributed by atoms with E-state index in [9.17, 15) is 9.59 Å². The number of hydrogen-bond donors (Lipinski definition) is 0. The summed E-state index contributed by atoms with van der Waals surface area (Å²) < 4.78 is 10.1. The van der Waals surface area contributed by atoms with Gasteiger partial charge in [0, 0.05) is 0 Å². The van der Waals surface area contributed by atoms with Crippen molar-refractivity contribution in [2.24, 2.45) is 0 Å². The summed E-state index contributed by atoms with van der Waals surface area (Å²) in [6, 6.07) is 12.5. The Morgan fingerprint density at radius 1 is 0.733 bits per heavy atom. The SMILES string of the molecule is CCOC(=O)C(=CC=C(c1ccc(C)cc1C)c1ccc(C)cc1C)C(=O)OCC. The second-order valence-electron chi connectivity index (χ2n) is 7.24. The zero-order valence-corrected chi connectivity index (χ0v) is 18.7. The monoisotopic (exact) mass is 406 g/mol. The lowest BCUT2D eigenvalue weighted by Gasteiger charge is -2.15. The molecule has 0 spiro atoms. The fourth-order valence-electron chi connectivity index (χ4n) is 3.36. The van der Waals surface area contributed by atoms with E-state index in [1.54, 1.807) is 19.9 Å². The van der Waals surface area contributed by atoms with Crippen LogP contribution in [0, 0.1) is 27.7 Å². The smallest absolute Gasteiger partial charge is 0.345 e. The van der Waals surface area contributed by atoms with Crippen LogP contribution in [-0.4, -0.2) is 25.2 Å². The zero-order chi connectivity index (χ0) is 22.3. The first-order valence-corrected chi connectivity index (χ1v) is 10.2. The normalized spacial score (nSPS) is 10.2. The number of carbonyl (C=O) groups excluding carboxylic acids is 2. The molecule has 0 aliphatic rings. The summed E-state index contributed by atoms with van der Waals surface area (Å²) in [7, 11) is 0.